The Kier molecular flexibility index (Phi) is 3.97. The van der Waals surface area contributed by atoms with Crippen LogP contribution in [0.5, 0.6) is 0 Å². The van der Waals surface area contributed by atoms with Crippen molar-refractivity contribution in [1.82, 2.24) is 0 Å². The van der Waals surface area contributed by atoms with Crippen LogP contribution in [-0.4, -0.2) is 17.8 Å². The zero-order chi connectivity index (χ0) is 11.4. The number of nitrogens with two attached hydrogens (primary N) is 1. The molecule has 0 amide bonds. The van der Waals surface area contributed by atoms with E-state index in [1.165, 1.54) is 18.4 Å². The number of benzene rings is 1. The lowest BCUT2D eigenvalue weighted by Crippen LogP contribution is -2.31. The molecule has 0 bridgehead atoms. The Morgan fingerprint density at radius 1 is 1.19 bits per heavy atom. The van der Waals surface area contributed by atoms with Gasteiger partial charge >= 0.3 is 0 Å². The molecule has 1 aromatic carbocycles. The first-order valence-corrected chi connectivity index (χ1v) is 6.26. The molecule has 3 N–H and O–H groups in total. The van der Waals surface area contributed by atoms with Crippen LogP contribution in [0.15, 0.2) is 30.3 Å². The summed E-state index contributed by atoms with van der Waals surface area (Å²) >= 11 is 0. The van der Waals surface area contributed by atoms with E-state index < -0.39 is 0 Å². The molecule has 0 spiro atoms. The Labute approximate surface area is 97.5 Å². The van der Waals surface area contributed by atoms with E-state index in [4.69, 9.17) is 5.73 Å². The van der Waals surface area contributed by atoms with Crippen LogP contribution in [-0.2, 0) is 0 Å². The average molecular weight is 219 g/mol. The molecule has 88 valence electrons. The second-order valence-corrected chi connectivity index (χ2v) is 4.79. The molecule has 2 heteroatoms. The van der Waals surface area contributed by atoms with Crippen molar-refractivity contribution in [3.8, 4) is 0 Å². The molecule has 1 aliphatic carbocycles. The number of hydrogen-bond donors (Lipinski definition) is 2. The third-order valence-electron chi connectivity index (χ3n) is 3.78. The fourth-order valence-electron chi connectivity index (χ4n) is 2.80. The van der Waals surface area contributed by atoms with Gasteiger partial charge in [0.2, 0.25) is 0 Å². The molecule has 16 heavy (non-hydrogen) atoms. The topological polar surface area (TPSA) is 46.2 Å². The van der Waals surface area contributed by atoms with Crippen LogP contribution < -0.4 is 5.73 Å². The van der Waals surface area contributed by atoms with Crippen LogP contribution in [0.1, 0.15) is 37.2 Å². The number of aliphatic hydroxyl groups excluding tert-OH is 1. The molecule has 0 heterocycles. The van der Waals surface area contributed by atoms with Crippen LogP contribution in [0, 0.1) is 5.92 Å². The summed E-state index contributed by atoms with van der Waals surface area (Å²) in [5, 5.41) is 10.4. The summed E-state index contributed by atoms with van der Waals surface area (Å²) in [6.07, 6.45) is 4.56. The van der Waals surface area contributed by atoms with Crippen molar-refractivity contribution >= 4 is 0 Å². The predicted octanol–water partition coefficient (Wildman–Crippen LogP) is 2.28. The van der Waals surface area contributed by atoms with E-state index >= 15 is 0 Å². The second kappa shape index (κ2) is 5.46. The Hall–Kier alpha value is -0.860. The fraction of sp³-hybridized carbons (Fsp3) is 0.571. The Morgan fingerprint density at radius 3 is 2.38 bits per heavy atom. The minimum atomic E-state index is -0.269. The number of hydrogen-bond acceptors (Lipinski definition) is 2. The van der Waals surface area contributed by atoms with E-state index in [2.05, 4.69) is 12.1 Å². The maximum atomic E-state index is 10.4. The van der Waals surface area contributed by atoms with Crippen LogP contribution in [0.25, 0.3) is 0 Å². The molecule has 2 nitrogen and oxygen atoms in total. The van der Waals surface area contributed by atoms with Gasteiger partial charge in [0.05, 0.1) is 6.10 Å². The highest BCUT2D eigenvalue weighted by Gasteiger charge is 2.29. The Bertz CT molecular complexity index is 306. The van der Waals surface area contributed by atoms with Gasteiger partial charge in [-0.3, -0.25) is 0 Å². The first kappa shape index (κ1) is 11.6. The lowest BCUT2D eigenvalue weighted by atomic mass is 9.85. The zero-order valence-electron chi connectivity index (χ0n) is 9.68. The predicted molar refractivity (Wildman–Crippen MR) is 66.2 cm³/mol. The molecular formula is C14H21NO. The maximum absolute atomic E-state index is 10.4. The van der Waals surface area contributed by atoms with Gasteiger partial charge in [-0.2, -0.15) is 0 Å². The molecule has 1 saturated carbocycles. The molecule has 1 fully saturated rings. The summed E-state index contributed by atoms with van der Waals surface area (Å²) in [6.45, 7) is 0.529. The van der Waals surface area contributed by atoms with Gasteiger partial charge in [-0.15, -0.1) is 0 Å². The largest absolute Gasteiger partial charge is 0.392 e. The van der Waals surface area contributed by atoms with Crippen LogP contribution in [0.2, 0.25) is 0 Å². The molecular weight excluding hydrogens is 198 g/mol. The van der Waals surface area contributed by atoms with E-state index in [1.807, 2.05) is 18.2 Å². The van der Waals surface area contributed by atoms with E-state index in [1.54, 1.807) is 0 Å². The molecule has 0 radical (unpaired) electrons. The summed E-state index contributed by atoms with van der Waals surface area (Å²) in [7, 11) is 0. The summed E-state index contributed by atoms with van der Waals surface area (Å²) in [4.78, 5) is 0. The molecule has 2 rings (SSSR count). The molecule has 1 aromatic rings. The van der Waals surface area contributed by atoms with Crippen molar-refractivity contribution in [2.24, 2.45) is 11.7 Å². The van der Waals surface area contributed by atoms with Gasteiger partial charge in [-0.1, -0.05) is 43.2 Å². The van der Waals surface area contributed by atoms with E-state index in [-0.39, 0.29) is 12.0 Å². The Morgan fingerprint density at radius 2 is 1.81 bits per heavy atom. The van der Waals surface area contributed by atoms with E-state index in [9.17, 15) is 5.11 Å². The van der Waals surface area contributed by atoms with Crippen molar-refractivity contribution in [1.29, 1.82) is 0 Å². The molecule has 2 unspecified atom stereocenters. The minimum absolute atomic E-state index is 0.101. The molecule has 0 aliphatic heterocycles. The maximum Gasteiger partial charge on any atom is 0.0648 e. The Balaban J connectivity index is 2.09. The summed E-state index contributed by atoms with van der Waals surface area (Å²) in [5.41, 5.74) is 6.98. The van der Waals surface area contributed by atoms with Gasteiger partial charge in [0.1, 0.15) is 0 Å². The molecule has 0 saturated heterocycles. The van der Waals surface area contributed by atoms with Crippen LogP contribution >= 0.6 is 0 Å². The normalized spacial score (nSPS) is 20.9. The van der Waals surface area contributed by atoms with E-state index in [0.717, 1.165) is 12.8 Å². The van der Waals surface area contributed by atoms with Crippen molar-refractivity contribution in [3.63, 3.8) is 0 Å². The SMILES string of the molecule is NCC(c1ccccc1)C(O)C1CCCC1. The van der Waals surface area contributed by atoms with Crippen molar-refractivity contribution in [3.05, 3.63) is 35.9 Å². The highest BCUT2D eigenvalue weighted by atomic mass is 16.3. The quantitative estimate of drug-likeness (QED) is 0.816. The van der Waals surface area contributed by atoms with Crippen LogP contribution in [0.4, 0.5) is 0 Å². The van der Waals surface area contributed by atoms with Crippen LogP contribution in [0.3, 0.4) is 0 Å². The van der Waals surface area contributed by atoms with Gasteiger partial charge in [0, 0.05) is 12.5 Å². The molecule has 0 aromatic heterocycles. The highest BCUT2D eigenvalue weighted by Crippen LogP contribution is 2.34. The van der Waals surface area contributed by atoms with Gasteiger partial charge in [-0.05, 0) is 24.3 Å². The average Bonchev–Trinajstić information content (AvgIpc) is 2.85. The summed E-state index contributed by atoms with van der Waals surface area (Å²) in [5.74, 6) is 0.554. The number of aliphatic hydroxyl groups is 1. The first-order chi connectivity index (χ1) is 7.83. The first-order valence-electron chi connectivity index (χ1n) is 6.26. The molecule has 1 aliphatic rings. The molecule has 2 atom stereocenters. The monoisotopic (exact) mass is 219 g/mol. The smallest absolute Gasteiger partial charge is 0.0648 e. The standard InChI is InChI=1S/C14H21NO/c15-10-13(11-6-2-1-3-7-11)14(16)12-8-4-5-9-12/h1-3,6-7,12-14,16H,4-5,8-10,15H2. The minimum Gasteiger partial charge on any atom is -0.392 e. The van der Waals surface area contributed by atoms with Crippen molar-refractivity contribution in [2.75, 3.05) is 6.54 Å². The number of rotatable bonds is 4. The lowest BCUT2D eigenvalue weighted by Gasteiger charge is -2.26. The summed E-state index contributed by atoms with van der Waals surface area (Å²) in [6, 6.07) is 10.2. The summed E-state index contributed by atoms with van der Waals surface area (Å²) < 4.78 is 0. The van der Waals surface area contributed by atoms with Gasteiger partial charge in [-0.25, -0.2) is 0 Å². The van der Waals surface area contributed by atoms with Crippen molar-refractivity contribution < 1.29 is 5.11 Å². The third kappa shape index (κ3) is 2.45. The fourth-order valence-corrected chi connectivity index (χ4v) is 2.80. The van der Waals surface area contributed by atoms with Gasteiger partial charge in [0.25, 0.3) is 0 Å². The second-order valence-electron chi connectivity index (χ2n) is 4.79. The zero-order valence-corrected chi connectivity index (χ0v) is 9.68. The van der Waals surface area contributed by atoms with Gasteiger partial charge < -0.3 is 10.8 Å². The third-order valence-corrected chi connectivity index (χ3v) is 3.78. The van der Waals surface area contributed by atoms with Gasteiger partial charge in [0.15, 0.2) is 0 Å². The highest BCUT2D eigenvalue weighted by molar-refractivity contribution is 5.21. The van der Waals surface area contributed by atoms with Crippen molar-refractivity contribution in [2.45, 2.75) is 37.7 Å². The van der Waals surface area contributed by atoms with E-state index in [0.29, 0.717) is 12.5 Å². The lowest BCUT2D eigenvalue weighted by molar-refractivity contribution is 0.0851.